The summed E-state index contributed by atoms with van der Waals surface area (Å²) in [5, 5.41) is -0.482. The van der Waals surface area contributed by atoms with E-state index in [2.05, 4.69) is 12.6 Å². The minimum atomic E-state index is -4.36. The Morgan fingerprint density at radius 2 is 2.07 bits per heavy atom. The van der Waals surface area contributed by atoms with E-state index in [0.717, 1.165) is 12.1 Å². The van der Waals surface area contributed by atoms with Crippen molar-refractivity contribution in [3.8, 4) is 0 Å². The second-order valence-corrected chi connectivity index (χ2v) is 3.66. The summed E-state index contributed by atoms with van der Waals surface area (Å²) in [5.41, 5.74) is -0.315. The van der Waals surface area contributed by atoms with Gasteiger partial charge in [-0.1, -0.05) is 18.2 Å². The number of halogens is 3. The van der Waals surface area contributed by atoms with Crippen LogP contribution in [0.1, 0.15) is 22.8 Å². The van der Waals surface area contributed by atoms with Crippen molar-refractivity contribution in [1.29, 1.82) is 0 Å². The number of carbonyl (C=O) groups excluding carboxylic acids is 1. The number of benzene rings is 1. The third-order valence-electron chi connectivity index (χ3n) is 1.92. The van der Waals surface area contributed by atoms with E-state index in [4.69, 9.17) is 0 Å². The largest absolute Gasteiger partial charge is 0.416 e. The summed E-state index contributed by atoms with van der Waals surface area (Å²) in [7, 11) is 0. The average molecular weight is 234 g/mol. The molecule has 15 heavy (non-hydrogen) atoms. The first-order valence-electron chi connectivity index (χ1n) is 4.24. The predicted molar refractivity (Wildman–Crippen MR) is 53.9 cm³/mol. The van der Waals surface area contributed by atoms with E-state index in [1.54, 1.807) is 0 Å². The maximum absolute atomic E-state index is 12.3. The molecule has 0 aromatic heterocycles. The molecule has 0 bridgehead atoms. The fraction of sp³-hybridized carbons (Fsp3) is 0.300. The first-order valence-corrected chi connectivity index (χ1v) is 4.75. The Kier molecular flexibility index (Phi) is 3.79. The summed E-state index contributed by atoms with van der Waals surface area (Å²) in [6.07, 6.45) is -3.62. The second-order valence-electron chi connectivity index (χ2n) is 3.04. The highest BCUT2D eigenvalue weighted by Gasteiger charge is 2.30. The molecule has 1 atom stereocenters. The van der Waals surface area contributed by atoms with Gasteiger partial charge < -0.3 is 4.79 Å². The summed E-state index contributed by atoms with van der Waals surface area (Å²) in [6, 6.07) is 4.84. The molecular weight excluding hydrogens is 225 g/mol. The van der Waals surface area contributed by atoms with Gasteiger partial charge in [-0.3, -0.25) is 0 Å². The Labute approximate surface area is 90.7 Å². The molecule has 0 amide bonds. The highest BCUT2D eigenvalue weighted by atomic mass is 32.1. The summed E-state index contributed by atoms with van der Waals surface area (Å²) in [6.45, 7) is 0. The van der Waals surface area contributed by atoms with Crippen LogP contribution >= 0.6 is 12.6 Å². The fourth-order valence-electron chi connectivity index (χ4n) is 1.15. The monoisotopic (exact) mass is 234 g/mol. The van der Waals surface area contributed by atoms with Crippen LogP contribution in [0.25, 0.3) is 0 Å². The Balaban J connectivity index is 2.97. The van der Waals surface area contributed by atoms with Crippen molar-refractivity contribution in [2.24, 2.45) is 0 Å². The van der Waals surface area contributed by atoms with Crippen molar-refractivity contribution in [2.75, 3.05) is 0 Å². The standard InChI is InChI=1S/C10H9F3OS/c11-10(12,13)8-3-1-2-7(6-8)9(15)4-5-14/h1-3,5-6,9,15H,4H2. The molecule has 1 unspecified atom stereocenters. The molecule has 5 heteroatoms. The van der Waals surface area contributed by atoms with Gasteiger partial charge in [-0.25, -0.2) is 0 Å². The van der Waals surface area contributed by atoms with Gasteiger partial charge in [-0.05, 0) is 11.6 Å². The lowest BCUT2D eigenvalue weighted by atomic mass is 10.1. The van der Waals surface area contributed by atoms with Crippen LogP contribution in [0.15, 0.2) is 24.3 Å². The van der Waals surface area contributed by atoms with Crippen LogP contribution in [0, 0.1) is 0 Å². The van der Waals surface area contributed by atoms with Gasteiger partial charge in [-0.15, -0.1) is 0 Å². The number of carbonyl (C=O) groups is 1. The lowest BCUT2D eigenvalue weighted by Crippen LogP contribution is -2.05. The lowest BCUT2D eigenvalue weighted by molar-refractivity contribution is -0.137. The summed E-state index contributed by atoms with van der Waals surface area (Å²) < 4.78 is 37.0. The average Bonchev–Trinajstić information content (AvgIpc) is 2.17. The van der Waals surface area contributed by atoms with Crippen molar-refractivity contribution >= 4 is 18.9 Å². The minimum Gasteiger partial charge on any atom is -0.303 e. The number of hydrogen-bond acceptors (Lipinski definition) is 2. The van der Waals surface area contributed by atoms with E-state index >= 15 is 0 Å². The summed E-state index contributed by atoms with van der Waals surface area (Å²) in [4.78, 5) is 10.2. The van der Waals surface area contributed by atoms with Crippen molar-refractivity contribution in [3.63, 3.8) is 0 Å². The molecule has 0 heterocycles. The molecule has 0 fully saturated rings. The van der Waals surface area contributed by atoms with E-state index < -0.39 is 17.0 Å². The predicted octanol–water partition coefficient (Wildman–Crippen LogP) is 3.27. The molecule has 0 saturated heterocycles. The van der Waals surface area contributed by atoms with Crippen LogP contribution in [-0.2, 0) is 11.0 Å². The zero-order valence-electron chi connectivity index (χ0n) is 7.66. The number of thiol groups is 1. The smallest absolute Gasteiger partial charge is 0.303 e. The van der Waals surface area contributed by atoms with Gasteiger partial charge in [-0.2, -0.15) is 25.8 Å². The van der Waals surface area contributed by atoms with Crippen LogP contribution < -0.4 is 0 Å². The first kappa shape index (κ1) is 12.1. The SMILES string of the molecule is O=CCC(S)c1cccc(C(F)(F)F)c1. The van der Waals surface area contributed by atoms with Crippen molar-refractivity contribution in [3.05, 3.63) is 35.4 Å². The van der Waals surface area contributed by atoms with Gasteiger partial charge in [0, 0.05) is 11.7 Å². The van der Waals surface area contributed by atoms with Crippen molar-refractivity contribution in [2.45, 2.75) is 17.8 Å². The highest BCUT2D eigenvalue weighted by Crippen LogP contribution is 2.32. The summed E-state index contributed by atoms with van der Waals surface area (Å²) in [5.74, 6) is 0. The Morgan fingerprint density at radius 1 is 1.40 bits per heavy atom. The Bertz CT molecular complexity index is 349. The molecule has 0 radical (unpaired) electrons. The molecular formula is C10H9F3OS. The summed E-state index contributed by atoms with van der Waals surface area (Å²) >= 11 is 4.04. The third kappa shape index (κ3) is 3.27. The number of rotatable bonds is 3. The first-order chi connectivity index (χ1) is 6.95. The third-order valence-corrected chi connectivity index (χ3v) is 2.43. The molecule has 0 aliphatic carbocycles. The van der Waals surface area contributed by atoms with Crippen LogP contribution in [0.3, 0.4) is 0 Å². The van der Waals surface area contributed by atoms with Crippen molar-refractivity contribution < 1.29 is 18.0 Å². The minimum absolute atomic E-state index is 0.102. The number of aldehydes is 1. The molecule has 1 rings (SSSR count). The molecule has 1 nitrogen and oxygen atoms in total. The molecule has 0 aliphatic rings. The normalized spacial score (nSPS) is 13.6. The molecule has 82 valence electrons. The van der Waals surface area contributed by atoms with E-state index in [1.165, 1.54) is 12.1 Å². The molecule has 0 saturated carbocycles. The molecule has 1 aromatic carbocycles. The maximum Gasteiger partial charge on any atom is 0.416 e. The maximum atomic E-state index is 12.3. The molecule has 0 N–H and O–H groups in total. The van der Waals surface area contributed by atoms with Crippen LogP contribution in [-0.4, -0.2) is 6.29 Å². The van der Waals surface area contributed by atoms with Crippen molar-refractivity contribution in [1.82, 2.24) is 0 Å². The Morgan fingerprint density at radius 3 is 2.60 bits per heavy atom. The van der Waals surface area contributed by atoms with E-state index in [0.29, 0.717) is 11.8 Å². The van der Waals surface area contributed by atoms with E-state index in [1.807, 2.05) is 0 Å². The van der Waals surface area contributed by atoms with E-state index in [9.17, 15) is 18.0 Å². The topological polar surface area (TPSA) is 17.1 Å². The van der Waals surface area contributed by atoms with Crippen LogP contribution in [0.4, 0.5) is 13.2 Å². The molecule has 1 aromatic rings. The highest BCUT2D eigenvalue weighted by molar-refractivity contribution is 7.80. The van der Waals surface area contributed by atoms with Gasteiger partial charge in [0.1, 0.15) is 6.29 Å². The fourth-order valence-corrected chi connectivity index (χ4v) is 1.40. The zero-order chi connectivity index (χ0) is 11.5. The van der Waals surface area contributed by atoms with Gasteiger partial charge in [0.25, 0.3) is 0 Å². The number of hydrogen-bond donors (Lipinski definition) is 1. The zero-order valence-corrected chi connectivity index (χ0v) is 8.55. The molecule has 0 spiro atoms. The second kappa shape index (κ2) is 4.70. The van der Waals surface area contributed by atoms with Crippen LogP contribution in [0.5, 0.6) is 0 Å². The molecule has 0 aliphatic heterocycles. The van der Waals surface area contributed by atoms with E-state index in [-0.39, 0.29) is 6.42 Å². The van der Waals surface area contributed by atoms with Gasteiger partial charge in [0.05, 0.1) is 5.56 Å². The van der Waals surface area contributed by atoms with Gasteiger partial charge in [0.15, 0.2) is 0 Å². The van der Waals surface area contributed by atoms with Crippen LogP contribution in [0.2, 0.25) is 0 Å². The van der Waals surface area contributed by atoms with Gasteiger partial charge in [0.2, 0.25) is 0 Å². The number of alkyl halides is 3. The quantitative estimate of drug-likeness (QED) is 0.627. The lowest BCUT2D eigenvalue weighted by Gasteiger charge is -2.11. The van der Waals surface area contributed by atoms with Gasteiger partial charge >= 0.3 is 6.18 Å². The Hall–Kier alpha value is -0.970.